The van der Waals surface area contributed by atoms with Gasteiger partial charge in [0.25, 0.3) is 5.91 Å². The van der Waals surface area contributed by atoms with E-state index in [-0.39, 0.29) is 5.91 Å². The monoisotopic (exact) mass is 264 g/mol. The number of rotatable bonds is 3. The molecule has 2 N–H and O–H groups in total. The first-order valence-corrected chi connectivity index (χ1v) is 7.56. The summed E-state index contributed by atoms with van der Waals surface area (Å²) in [5.41, 5.74) is 7.04. The number of nitrogens with two attached hydrogens (primary N) is 1. The van der Waals surface area contributed by atoms with Gasteiger partial charge in [-0.2, -0.15) is 11.8 Å². The van der Waals surface area contributed by atoms with Gasteiger partial charge in [0.15, 0.2) is 0 Å². The van der Waals surface area contributed by atoms with Crippen molar-refractivity contribution in [1.29, 1.82) is 0 Å². The van der Waals surface area contributed by atoms with Crippen molar-refractivity contribution in [2.45, 2.75) is 30.6 Å². The summed E-state index contributed by atoms with van der Waals surface area (Å²) in [5, 5.41) is 0.693. The van der Waals surface area contributed by atoms with Gasteiger partial charge in [0.05, 0.1) is 5.56 Å². The van der Waals surface area contributed by atoms with Crippen molar-refractivity contribution in [2.75, 3.05) is 19.0 Å². The van der Waals surface area contributed by atoms with E-state index in [9.17, 15) is 4.79 Å². The van der Waals surface area contributed by atoms with Gasteiger partial charge in [-0.1, -0.05) is 12.1 Å². The number of benzene rings is 1. The molecule has 1 saturated carbocycles. The van der Waals surface area contributed by atoms with Crippen molar-refractivity contribution in [1.82, 2.24) is 4.90 Å². The van der Waals surface area contributed by atoms with Crippen LogP contribution in [0.1, 0.15) is 29.6 Å². The molecule has 0 radical (unpaired) electrons. The predicted octanol–water partition coefficient (Wildman–Crippen LogP) is 2.62. The second kappa shape index (κ2) is 5.65. The molecule has 0 spiro atoms. The third-order valence-corrected chi connectivity index (χ3v) is 4.84. The number of carbonyl (C=O) groups excluding carboxylic acids is 1. The largest absolute Gasteiger partial charge is 0.398 e. The highest BCUT2D eigenvalue weighted by Crippen LogP contribution is 2.31. The van der Waals surface area contributed by atoms with Gasteiger partial charge < -0.3 is 10.6 Å². The lowest BCUT2D eigenvalue weighted by Gasteiger charge is -2.25. The molecule has 3 nitrogen and oxygen atoms in total. The summed E-state index contributed by atoms with van der Waals surface area (Å²) in [6.07, 6.45) is 5.54. The van der Waals surface area contributed by atoms with Crippen molar-refractivity contribution in [3.63, 3.8) is 0 Å². The number of amides is 1. The van der Waals surface area contributed by atoms with E-state index in [1.54, 1.807) is 12.1 Å². The molecular weight excluding hydrogens is 244 g/mol. The molecule has 18 heavy (non-hydrogen) atoms. The molecule has 1 aliphatic carbocycles. The predicted molar refractivity (Wildman–Crippen MR) is 77.9 cm³/mol. The summed E-state index contributed by atoms with van der Waals surface area (Å²) in [7, 11) is 1.89. The number of para-hydroxylation sites is 1. The number of hydrogen-bond donors (Lipinski definition) is 1. The molecule has 1 aliphatic rings. The number of nitrogen functional groups attached to an aromatic ring is 1. The summed E-state index contributed by atoms with van der Waals surface area (Å²) in [6.45, 7) is 0. The number of anilines is 1. The van der Waals surface area contributed by atoms with E-state index >= 15 is 0 Å². The summed E-state index contributed by atoms with van der Waals surface area (Å²) in [6, 6.07) is 7.65. The van der Waals surface area contributed by atoms with Crippen molar-refractivity contribution >= 4 is 23.4 Å². The Morgan fingerprint density at radius 2 is 2.11 bits per heavy atom. The summed E-state index contributed by atoms with van der Waals surface area (Å²) >= 11 is 1.90. The summed E-state index contributed by atoms with van der Waals surface area (Å²) in [5.74, 6) is 0.0415. The van der Waals surface area contributed by atoms with Crippen LogP contribution in [-0.2, 0) is 0 Å². The van der Waals surface area contributed by atoms with Crippen LogP contribution >= 0.6 is 11.8 Å². The molecule has 0 unspecified atom stereocenters. The fraction of sp³-hybridized carbons (Fsp3) is 0.500. The van der Waals surface area contributed by atoms with Gasteiger partial charge in [0.2, 0.25) is 0 Å². The number of thioether (sulfide) groups is 1. The fourth-order valence-corrected chi connectivity index (χ4v) is 3.32. The van der Waals surface area contributed by atoms with Gasteiger partial charge in [-0.05, 0) is 37.7 Å². The molecule has 1 aromatic carbocycles. The molecule has 2 atom stereocenters. The van der Waals surface area contributed by atoms with Crippen molar-refractivity contribution in [3.05, 3.63) is 29.8 Å². The zero-order valence-corrected chi connectivity index (χ0v) is 11.7. The lowest BCUT2D eigenvalue weighted by atomic mass is 10.1. The highest BCUT2D eigenvalue weighted by atomic mass is 32.2. The van der Waals surface area contributed by atoms with Crippen LogP contribution in [0.2, 0.25) is 0 Å². The number of nitrogens with zero attached hydrogens (tertiary/aromatic N) is 1. The maximum absolute atomic E-state index is 12.4. The Labute approximate surface area is 113 Å². The van der Waals surface area contributed by atoms with Crippen molar-refractivity contribution in [3.8, 4) is 0 Å². The summed E-state index contributed by atoms with van der Waals surface area (Å²) in [4.78, 5) is 14.2. The molecule has 0 aromatic heterocycles. The van der Waals surface area contributed by atoms with E-state index in [0.29, 0.717) is 22.5 Å². The van der Waals surface area contributed by atoms with E-state index in [0.717, 1.165) is 12.8 Å². The molecule has 98 valence electrons. The molecule has 1 aromatic rings. The lowest BCUT2D eigenvalue weighted by molar-refractivity contribution is 0.0736. The Morgan fingerprint density at radius 3 is 2.72 bits per heavy atom. The van der Waals surface area contributed by atoms with E-state index in [1.807, 2.05) is 35.8 Å². The Morgan fingerprint density at radius 1 is 1.39 bits per heavy atom. The molecule has 0 saturated heterocycles. The lowest BCUT2D eigenvalue weighted by Crippen LogP contribution is -2.36. The Kier molecular flexibility index (Phi) is 4.17. The topological polar surface area (TPSA) is 46.3 Å². The first-order valence-electron chi connectivity index (χ1n) is 6.28. The fourth-order valence-electron chi connectivity index (χ4n) is 2.53. The number of carbonyl (C=O) groups is 1. The molecule has 1 fully saturated rings. The quantitative estimate of drug-likeness (QED) is 0.854. The van der Waals surface area contributed by atoms with Crippen LogP contribution in [0.4, 0.5) is 5.69 Å². The average molecular weight is 264 g/mol. The van der Waals surface area contributed by atoms with Crippen LogP contribution in [0.3, 0.4) is 0 Å². The van der Waals surface area contributed by atoms with Gasteiger partial charge in [-0.25, -0.2) is 0 Å². The van der Waals surface area contributed by atoms with Crippen molar-refractivity contribution in [2.24, 2.45) is 0 Å². The Hall–Kier alpha value is -1.16. The van der Waals surface area contributed by atoms with Gasteiger partial charge >= 0.3 is 0 Å². The minimum atomic E-state index is 0.0415. The average Bonchev–Trinajstić information content (AvgIpc) is 2.86. The first kappa shape index (κ1) is 13.3. The molecular formula is C14H20N2OS. The molecule has 0 heterocycles. The van der Waals surface area contributed by atoms with E-state index < -0.39 is 0 Å². The zero-order chi connectivity index (χ0) is 13.1. The van der Waals surface area contributed by atoms with Gasteiger partial charge in [-0.15, -0.1) is 0 Å². The van der Waals surface area contributed by atoms with Gasteiger partial charge in [-0.3, -0.25) is 4.79 Å². The second-order valence-electron chi connectivity index (χ2n) is 4.83. The minimum Gasteiger partial charge on any atom is -0.398 e. The third-order valence-electron chi connectivity index (χ3n) is 3.75. The highest BCUT2D eigenvalue weighted by Gasteiger charge is 2.30. The van der Waals surface area contributed by atoms with Crippen LogP contribution in [0.25, 0.3) is 0 Å². The Balaban J connectivity index is 2.08. The highest BCUT2D eigenvalue weighted by molar-refractivity contribution is 7.99. The third kappa shape index (κ3) is 2.64. The van der Waals surface area contributed by atoms with E-state index in [4.69, 9.17) is 5.73 Å². The van der Waals surface area contributed by atoms with Crippen molar-refractivity contribution < 1.29 is 4.79 Å². The molecule has 0 bridgehead atoms. The minimum absolute atomic E-state index is 0.0415. The van der Waals surface area contributed by atoms with Gasteiger partial charge in [0, 0.05) is 24.0 Å². The maximum atomic E-state index is 12.4. The number of hydrogen-bond acceptors (Lipinski definition) is 3. The van der Waals surface area contributed by atoms with E-state index in [1.165, 1.54) is 6.42 Å². The molecule has 4 heteroatoms. The summed E-state index contributed by atoms with van der Waals surface area (Å²) < 4.78 is 0. The molecule has 2 rings (SSSR count). The normalized spacial score (nSPS) is 23.0. The Bertz CT molecular complexity index is 436. The van der Waals surface area contributed by atoms with Crippen LogP contribution < -0.4 is 5.73 Å². The smallest absolute Gasteiger partial charge is 0.255 e. The molecule has 1 amide bonds. The SMILES string of the molecule is CS[C@@H]1CC[C@@H](N(C)C(=O)c2ccccc2N)C1. The zero-order valence-electron chi connectivity index (χ0n) is 10.9. The first-order chi connectivity index (χ1) is 8.63. The van der Waals surface area contributed by atoms with Crippen LogP contribution in [0, 0.1) is 0 Å². The van der Waals surface area contributed by atoms with Crippen LogP contribution in [0.15, 0.2) is 24.3 Å². The van der Waals surface area contributed by atoms with Gasteiger partial charge in [0.1, 0.15) is 0 Å². The molecule has 0 aliphatic heterocycles. The second-order valence-corrected chi connectivity index (χ2v) is 5.97. The maximum Gasteiger partial charge on any atom is 0.255 e. The van der Waals surface area contributed by atoms with Crippen LogP contribution in [0.5, 0.6) is 0 Å². The van der Waals surface area contributed by atoms with E-state index in [2.05, 4.69) is 6.26 Å². The standard InChI is InChI=1S/C14H20N2OS/c1-16(10-7-8-11(9-10)18-2)14(17)12-5-3-4-6-13(12)15/h3-6,10-11H,7-9,15H2,1-2H3/t10-,11-/m1/s1. The van der Waals surface area contributed by atoms with Crippen LogP contribution in [-0.4, -0.2) is 35.4 Å².